The van der Waals surface area contributed by atoms with E-state index in [4.69, 9.17) is 11.6 Å². The quantitative estimate of drug-likeness (QED) is 0.586. The standard InChI is InChI=1S/C18H20ClN3S/c1-4-14-10-15-16(20-18(19)21-17(15)23-14)22(12(2)3)11-13-8-6-5-7-9-13/h5-10,12H,4,11H2,1-3H3. The molecule has 3 rings (SSSR count). The Bertz CT molecular complexity index is 799. The number of fused-ring (bicyclic) bond motifs is 1. The molecule has 0 bridgehead atoms. The fourth-order valence-corrected chi connectivity index (χ4v) is 3.78. The Balaban J connectivity index is 2.08. The van der Waals surface area contributed by atoms with Crippen molar-refractivity contribution < 1.29 is 0 Å². The molecule has 0 spiro atoms. The number of thiophene rings is 1. The van der Waals surface area contributed by atoms with E-state index in [2.05, 4.69) is 66.0 Å². The molecule has 0 saturated heterocycles. The molecule has 2 aromatic heterocycles. The van der Waals surface area contributed by atoms with E-state index >= 15 is 0 Å². The van der Waals surface area contributed by atoms with Crippen molar-refractivity contribution in [3.8, 4) is 0 Å². The third-order valence-electron chi connectivity index (χ3n) is 3.84. The van der Waals surface area contributed by atoms with Gasteiger partial charge in [0, 0.05) is 17.5 Å². The van der Waals surface area contributed by atoms with E-state index in [1.54, 1.807) is 11.3 Å². The van der Waals surface area contributed by atoms with Crippen LogP contribution in [-0.4, -0.2) is 16.0 Å². The summed E-state index contributed by atoms with van der Waals surface area (Å²) in [6.45, 7) is 7.32. The summed E-state index contributed by atoms with van der Waals surface area (Å²) in [4.78, 5) is 13.5. The van der Waals surface area contributed by atoms with Crippen LogP contribution in [0.15, 0.2) is 36.4 Å². The van der Waals surface area contributed by atoms with Crippen molar-refractivity contribution in [1.82, 2.24) is 9.97 Å². The smallest absolute Gasteiger partial charge is 0.225 e. The lowest BCUT2D eigenvalue weighted by molar-refractivity contribution is 0.675. The fourth-order valence-electron chi connectivity index (χ4n) is 2.61. The number of halogens is 1. The summed E-state index contributed by atoms with van der Waals surface area (Å²) in [5.41, 5.74) is 1.26. The van der Waals surface area contributed by atoms with Crippen LogP contribution in [0.25, 0.3) is 10.2 Å². The van der Waals surface area contributed by atoms with Crippen LogP contribution in [0.3, 0.4) is 0 Å². The molecule has 5 heteroatoms. The first-order chi connectivity index (χ1) is 11.1. The highest BCUT2D eigenvalue weighted by molar-refractivity contribution is 7.18. The van der Waals surface area contributed by atoms with Crippen molar-refractivity contribution in [3.05, 3.63) is 52.1 Å². The van der Waals surface area contributed by atoms with Crippen molar-refractivity contribution in [1.29, 1.82) is 0 Å². The molecule has 0 aliphatic rings. The van der Waals surface area contributed by atoms with E-state index in [-0.39, 0.29) is 0 Å². The number of aromatic nitrogens is 2. The normalized spacial score (nSPS) is 11.3. The second-order valence-electron chi connectivity index (χ2n) is 5.81. The molecule has 0 aliphatic carbocycles. The number of hydrogen-bond donors (Lipinski definition) is 0. The van der Waals surface area contributed by atoms with Crippen molar-refractivity contribution in [2.75, 3.05) is 4.90 Å². The maximum atomic E-state index is 6.19. The highest BCUT2D eigenvalue weighted by Crippen LogP contribution is 2.33. The van der Waals surface area contributed by atoms with Gasteiger partial charge in [-0.2, -0.15) is 4.98 Å². The highest BCUT2D eigenvalue weighted by atomic mass is 35.5. The van der Waals surface area contributed by atoms with E-state index in [1.165, 1.54) is 10.4 Å². The van der Waals surface area contributed by atoms with Gasteiger partial charge >= 0.3 is 0 Å². The van der Waals surface area contributed by atoms with E-state index in [9.17, 15) is 0 Å². The van der Waals surface area contributed by atoms with Crippen LogP contribution in [0, 0.1) is 0 Å². The molecule has 0 aliphatic heterocycles. The maximum absolute atomic E-state index is 6.19. The maximum Gasteiger partial charge on any atom is 0.225 e. The lowest BCUT2D eigenvalue weighted by Gasteiger charge is -2.28. The average molecular weight is 346 g/mol. The van der Waals surface area contributed by atoms with Crippen LogP contribution < -0.4 is 4.90 Å². The Labute approximate surface area is 146 Å². The minimum Gasteiger partial charge on any atom is -0.349 e. The van der Waals surface area contributed by atoms with Crippen molar-refractivity contribution >= 4 is 39.0 Å². The third-order valence-corrected chi connectivity index (χ3v) is 5.18. The molecule has 0 amide bonds. The number of hydrogen-bond acceptors (Lipinski definition) is 4. The van der Waals surface area contributed by atoms with Gasteiger partial charge in [0.1, 0.15) is 10.6 Å². The Hall–Kier alpha value is -1.65. The fraction of sp³-hybridized carbons (Fsp3) is 0.333. The summed E-state index contributed by atoms with van der Waals surface area (Å²) in [6.07, 6.45) is 0.998. The SMILES string of the molecule is CCc1cc2c(N(Cc3ccccc3)C(C)C)nc(Cl)nc2s1. The summed E-state index contributed by atoms with van der Waals surface area (Å²) in [5.74, 6) is 0.926. The van der Waals surface area contributed by atoms with Crippen LogP contribution in [-0.2, 0) is 13.0 Å². The first kappa shape index (κ1) is 16.2. The van der Waals surface area contributed by atoms with Crippen molar-refractivity contribution in [2.24, 2.45) is 0 Å². The molecule has 0 saturated carbocycles. The van der Waals surface area contributed by atoms with Crippen molar-refractivity contribution in [2.45, 2.75) is 39.8 Å². The van der Waals surface area contributed by atoms with Gasteiger partial charge < -0.3 is 4.90 Å². The molecule has 1 aromatic carbocycles. The Morgan fingerprint density at radius 1 is 1.17 bits per heavy atom. The van der Waals surface area contributed by atoms with Gasteiger partial charge in [-0.1, -0.05) is 37.3 Å². The lowest BCUT2D eigenvalue weighted by Crippen LogP contribution is -2.31. The largest absolute Gasteiger partial charge is 0.349 e. The van der Waals surface area contributed by atoms with Gasteiger partial charge in [0.25, 0.3) is 0 Å². The molecule has 0 atom stereocenters. The summed E-state index contributed by atoms with van der Waals surface area (Å²) in [7, 11) is 0. The molecule has 0 radical (unpaired) electrons. The zero-order chi connectivity index (χ0) is 16.4. The Morgan fingerprint density at radius 3 is 2.57 bits per heavy atom. The van der Waals surface area contributed by atoms with Gasteiger partial charge in [-0.15, -0.1) is 11.3 Å². The number of nitrogens with zero attached hydrogens (tertiary/aromatic N) is 3. The topological polar surface area (TPSA) is 29.0 Å². The molecular weight excluding hydrogens is 326 g/mol. The monoisotopic (exact) mass is 345 g/mol. The number of anilines is 1. The summed E-state index contributed by atoms with van der Waals surface area (Å²) in [5, 5.41) is 1.41. The number of benzene rings is 1. The second kappa shape index (κ2) is 6.85. The van der Waals surface area contributed by atoms with Crippen LogP contribution in [0.2, 0.25) is 5.28 Å². The third kappa shape index (κ3) is 3.48. The van der Waals surface area contributed by atoms with Crippen LogP contribution in [0.4, 0.5) is 5.82 Å². The zero-order valence-electron chi connectivity index (χ0n) is 13.6. The van der Waals surface area contributed by atoms with Crippen LogP contribution in [0.1, 0.15) is 31.2 Å². The molecule has 3 aromatic rings. The number of rotatable bonds is 5. The van der Waals surface area contributed by atoms with E-state index < -0.39 is 0 Å². The van der Waals surface area contributed by atoms with Gasteiger partial charge in [-0.3, -0.25) is 0 Å². The van der Waals surface area contributed by atoms with E-state index in [0.717, 1.165) is 29.0 Å². The number of aryl methyl sites for hydroxylation is 1. The Kier molecular flexibility index (Phi) is 4.83. The first-order valence-electron chi connectivity index (χ1n) is 7.85. The van der Waals surface area contributed by atoms with Crippen LogP contribution >= 0.6 is 22.9 Å². The van der Waals surface area contributed by atoms with E-state index in [1.807, 2.05) is 6.07 Å². The highest BCUT2D eigenvalue weighted by Gasteiger charge is 2.19. The van der Waals surface area contributed by atoms with Gasteiger partial charge in [0.15, 0.2) is 0 Å². The minimum absolute atomic E-state index is 0.314. The predicted octanol–water partition coefficient (Wildman–Crippen LogP) is 5.32. The zero-order valence-corrected chi connectivity index (χ0v) is 15.2. The summed E-state index contributed by atoms with van der Waals surface area (Å²) in [6, 6.07) is 13.0. The molecule has 120 valence electrons. The summed E-state index contributed by atoms with van der Waals surface area (Å²) >= 11 is 7.88. The molecule has 23 heavy (non-hydrogen) atoms. The predicted molar refractivity (Wildman–Crippen MR) is 99.6 cm³/mol. The van der Waals surface area contributed by atoms with Crippen LogP contribution in [0.5, 0.6) is 0 Å². The first-order valence-corrected chi connectivity index (χ1v) is 9.04. The molecular formula is C18H20ClN3S. The summed E-state index contributed by atoms with van der Waals surface area (Å²) < 4.78 is 0. The minimum atomic E-state index is 0.314. The molecule has 2 heterocycles. The molecule has 0 N–H and O–H groups in total. The molecule has 3 nitrogen and oxygen atoms in total. The van der Waals surface area contributed by atoms with Gasteiger partial charge in [0.05, 0.1) is 5.39 Å². The van der Waals surface area contributed by atoms with Crippen molar-refractivity contribution in [3.63, 3.8) is 0 Å². The molecule has 0 fully saturated rings. The van der Waals surface area contributed by atoms with Gasteiger partial charge in [-0.05, 0) is 43.5 Å². The Morgan fingerprint density at radius 2 is 1.91 bits per heavy atom. The van der Waals surface area contributed by atoms with Gasteiger partial charge in [-0.25, -0.2) is 4.98 Å². The average Bonchev–Trinajstić information content (AvgIpc) is 2.95. The van der Waals surface area contributed by atoms with E-state index in [0.29, 0.717) is 11.3 Å². The molecule has 0 unspecified atom stereocenters. The lowest BCUT2D eigenvalue weighted by atomic mass is 10.1. The second-order valence-corrected chi connectivity index (χ2v) is 7.26. The van der Waals surface area contributed by atoms with Gasteiger partial charge in [0.2, 0.25) is 5.28 Å².